The van der Waals surface area contributed by atoms with Crippen LogP contribution in [0.25, 0.3) is 0 Å². The van der Waals surface area contributed by atoms with Gasteiger partial charge in [-0.1, -0.05) is 0 Å². The van der Waals surface area contributed by atoms with E-state index < -0.39 is 16.0 Å². The van der Waals surface area contributed by atoms with Crippen molar-refractivity contribution in [3.05, 3.63) is 18.0 Å². The first-order valence-electron chi connectivity index (χ1n) is 5.70. The summed E-state index contributed by atoms with van der Waals surface area (Å²) in [7, 11) is 1.48. The molecule has 0 fully saturated rings. The number of aryl methyl sites for hydroxylation is 1. The van der Waals surface area contributed by atoms with Crippen molar-refractivity contribution in [3.63, 3.8) is 0 Å². The summed E-state index contributed by atoms with van der Waals surface area (Å²) in [4.78, 5) is 12.7. The van der Waals surface area contributed by atoms with Gasteiger partial charge in [0.1, 0.15) is 10.6 Å². The molecule has 1 rings (SSSR count). The number of carboxylic acid groups (broad SMARTS) is 1. The van der Waals surface area contributed by atoms with E-state index in [2.05, 4.69) is 4.72 Å². The fourth-order valence-electron chi connectivity index (χ4n) is 1.81. The SMILES string of the molecule is CC(CN(C)C)NS(=O)(=O)c1cc(C(=O)O)n(C)c1. The Morgan fingerprint density at radius 1 is 1.53 bits per heavy atom. The van der Waals surface area contributed by atoms with Gasteiger partial charge in [-0.15, -0.1) is 0 Å². The molecule has 0 spiro atoms. The molecule has 1 heterocycles. The van der Waals surface area contributed by atoms with E-state index in [1.165, 1.54) is 17.8 Å². The maximum absolute atomic E-state index is 12.1. The molecule has 0 amide bonds. The lowest BCUT2D eigenvalue weighted by Gasteiger charge is -2.17. The van der Waals surface area contributed by atoms with Gasteiger partial charge in [-0.2, -0.15) is 0 Å². The molecule has 108 valence electrons. The summed E-state index contributed by atoms with van der Waals surface area (Å²) < 4.78 is 27.9. The zero-order valence-electron chi connectivity index (χ0n) is 11.4. The zero-order valence-corrected chi connectivity index (χ0v) is 12.2. The predicted molar refractivity (Wildman–Crippen MR) is 70.7 cm³/mol. The van der Waals surface area contributed by atoms with E-state index in [9.17, 15) is 13.2 Å². The molecule has 1 atom stereocenters. The van der Waals surface area contributed by atoms with Crippen molar-refractivity contribution in [1.82, 2.24) is 14.2 Å². The summed E-state index contributed by atoms with van der Waals surface area (Å²) in [6.07, 6.45) is 1.29. The second-order valence-corrected chi connectivity index (χ2v) is 6.48. The minimum absolute atomic E-state index is 0.0435. The van der Waals surface area contributed by atoms with Gasteiger partial charge in [0, 0.05) is 25.8 Å². The maximum atomic E-state index is 12.1. The fourth-order valence-corrected chi connectivity index (χ4v) is 3.12. The van der Waals surface area contributed by atoms with Crippen molar-refractivity contribution in [2.24, 2.45) is 7.05 Å². The Balaban J connectivity index is 2.95. The van der Waals surface area contributed by atoms with Crippen molar-refractivity contribution in [2.75, 3.05) is 20.6 Å². The van der Waals surface area contributed by atoms with E-state index in [0.29, 0.717) is 6.54 Å². The summed E-state index contributed by atoms with van der Waals surface area (Å²) in [5.74, 6) is -1.16. The van der Waals surface area contributed by atoms with Crippen LogP contribution in [0.1, 0.15) is 17.4 Å². The number of hydrogen-bond donors (Lipinski definition) is 2. The Hall–Kier alpha value is -1.38. The average Bonchev–Trinajstić information content (AvgIpc) is 2.58. The molecule has 1 aromatic heterocycles. The summed E-state index contributed by atoms with van der Waals surface area (Å²) in [5.41, 5.74) is -0.0689. The van der Waals surface area contributed by atoms with Crippen LogP contribution >= 0.6 is 0 Å². The molecule has 8 heteroatoms. The van der Waals surface area contributed by atoms with Crippen LogP contribution < -0.4 is 4.72 Å². The first-order valence-corrected chi connectivity index (χ1v) is 7.18. The molecule has 0 saturated heterocycles. The van der Waals surface area contributed by atoms with Crippen molar-refractivity contribution in [1.29, 1.82) is 0 Å². The molecule has 0 aliphatic carbocycles. The lowest BCUT2D eigenvalue weighted by Crippen LogP contribution is -2.39. The lowest BCUT2D eigenvalue weighted by molar-refractivity contribution is 0.0686. The largest absolute Gasteiger partial charge is 0.477 e. The molecule has 0 saturated carbocycles. The smallest absolute Gasteiger partial charge is 0.352 e. The van der Waals surface area contributed by atoms with Crippen LogP contribution in [0.4, 0.5) is 0 Å². The van der Waals surface area contributed by atoms with Crippen molar-refractivity contribution in [3.8, 4) is 0 Å². The first kappa shape index (κ1) is 15.7. The van der Waals surface area contributed by atoms with Crippen LogP contribution in [0.2, 0.25) is 0 Å². The highest BCUT2D eigenvalue weighted by molar-refractivity contribution is 7.89. The molecule has 0 aliphatic heterocycles. The second-order valence-electron chi connectivity index (χ2n) is 4.76. The topological polar surface area (TPSA) is 91.6 Å². The molecule has 0 aliphatic rings. The monoisotopic (exact) mass is 289 g/mol. The molecule has 2 N–H and O–H groups in total. The van der Waals surface area contributed by atoms with Gasteiger partial charge in [-0.05, 0) is 27.1 Å². The van der Waals surface area contributed by atoms with Gasteiger partial charge in [-0.25, -0.2) is 17.9 Å². The minimum atomic E-state index is -3.70. The molecule has 0 aromatic carbocycles. The summed E-state index contributed by atoms with van der Waals surface area (Å²) in [6.45, 7) is 2.30. The summed E-state index contributed by atoms with van der Waals surface area (Å²) in [5, 5.41) is 8.90. The predicted octanol–water partition coefficient (Wildman–Crippen LogP) is -0.0483. The van der Waals surface area contributed by atoms with Gasteiger partial charge >= 0.3 is 5.97 Å². The molecule has 1 unspecified atom stereocenters. The molecular formula is C11H19N3O4S. The van der Waals surface area contributed by atoms with Gasteiger partial charge in [0.25, 0.3) is 0 Å². The third kappa shape index (κ3) is 4.05. The Morgan fingerprint density at radius 3 is 2.53 bits per heavy atom. The van der Waals surface area contributed by atoms with E-state index in [4.69, 9.17) is 5.11 Å². The van der Waals surface area contributed by atoms with Crippen LogP contribution in [0.5, 0.6) is 0 Å². The molecule has 1 aromatic rings. The molecular weight excluding hydrogens is 270 g/mol. The number of aromatic nitrogens is 1. The highest BCUT2D eigenvalue weighted by Crippen LogP contribution is 2.13. The third-order valence-electron chi connectivity index (χ3n) is 2.50. The molecule has 19 heavy (non-hydrogen) atoms. The van der Waals surface area contributed by atoms with E-state index in [0.717, 1.165) is 6.07 Å². The molecule has 0 radical (unpaired) electrons. The average molecular weight is 289 g/mol. The quantitative estimate of drug-likeness (QED) is 0.766. The van der Waals surface area contributed by atoms with Gasteiger partial charge < -0.3 is 14.6 Å². The van der Waals surface area contributed by atoms with Crippen LogP contribution in [0.3, 0.4) is 0 Å². The van der Waals surface area contributed by atoms with Gasteiger partial charge in [0.2, 0.25) is 10.0 Å². The minimum Gasteiger partial charge on any atom is -0.477 e. The van der Waals surface area contributed by atoms with Crippen LogP contribution in [-0.2, 0) is 17.1 Å². The van der Waals surface area contributed by atoms with Crippen LogP contribution in [0.15, 0.2) is 17.2 Å². The van der Waals surface area contributed by atoms with E-state index in [1.54, 1.807) is 6.92 Å². The number of nitrogens with zero attached hydrogens (tertiary/aromatic N) is 2. The standard InChI is InChI=1S/C11H19N3O4S/c1-8(6-13(2)3)12-19(17,18)9-5-10(11(15)16)14(4)7-9/h5,7-8,12H,6H2,1-4H3,(H,15,16). The summed E-state index contributed by atoms with van der Waals surface area (Å²) >= 11 is 0. The number of hydrogen-bond acceptors (Lipinski definition) is 4. The third-order valence-corrected chi connectivity index (χ3v) is 4.06. The Morgan fingerprint density at radius 2 is 2.11 bits per heavy atom. The van der Waals surface area contributed by atoms with Crippen molar-refractivity contribution in [2.45, 2.75) is 17.9 Å². The molecule has 0 bridgehead atoms. The Labute approximate surface area is 112 Å². The normalized spacial score (nSPS) is 13.7. The van der Waals surface area contributed by atoms with Gasteiger partial charge in [0.05, 0.1) is 0 Å². The highest BCUT2D eigenvalue weighted by atomic mass is 32.2. The first-order chi connectivity index (χ1) is 8.63. The second kappa shape index (κ2) is 5.72. The Kier molecular flexibility index (Phi) is 4.72. The highest BCUT2D eigenvalue weighted by Gasteiger charge is 2.22. The van der Waals surface area contributed by atoms with Crippen molar-refractivity contribution >= 4 is 16.0 Å². The fraction of sp³-hybridized carbons (Fsp3) is 0.545. The number of carbonyl (C=O) groups is 1. The lowest BCUT2D eigenvalue weighted by atomic mass is 10.3. The zero-order chi connectivity index (χ0) is 14.8. The maximum Gasteiger partial charge on any atom is 0.352 e. The number of likely N-dealkylation sites (N-methyl/N-ethyl adjacent to an activating group) is 1. The van der Waals surface area contributed by atoms with Crippen molar-refractivity contribution < 1.29 is 18.3 Å². The number of rotatable bonds is 6. The Bertz CT molecular complexity index is 562. The van der Waals surface area contributed by atoms with Gasteiger partial charge in [0.15, 0.2) is 0 Å². The number of sulfonamides is 1. The van der Waals surface area contributed by atoms with Crippen LogP contribution in [-0.4, -0.2) is 55.6 Å². The van der Waals surface area contributed by atoms with E-state index >= 15 is 0 Å². The van der Waals surface area contributed by atoms with E-state index in [-0.39, 0.29) is 16.6 Å². The molecule has 7 nitrogen and oxygen atoms in total. The number of carboxylic acids is 1. The number of aromatic carboxylic acids is 1. The van der Waals surface area contributed by atoms with Crippen LogP contribution in [0, 0.1) is 0 Å². The number of nitrogens with one attached hydrogen (secondary N) is 1. The van der Waals surface area contributed by atoms with Gasteiger partial charge in [-0.3, -0.25) is 0 Å². The summed E-state index contributed by atoms with van der Waals surface area (Å²) in [6, 6.07) is 0.876. The van der Waals surface area contributed by atoms with E-state index in [1.807, 2.05) is 19.0 Å².